The maximum absolute atomic E-state index is 13.6. The van der Waals surface area contributed by atoms with Gasteiger partial charge in [0.1, 0.15) is 5.82 Å². The molecule has 0 aliphatic rings. The lowest BCUT2D eigenvalue weighted by Gasteiger charge is -2.18. The summed E-state index contributed by atoms with van der Waals surface area (Å²) in [5.41, 5.74) is 0.434. The zero-order valence-electron chi connectivity index (χ0n) is 12.3. The first-order valence-corrected chi connectivity index (χ1v) is 7.74. The average Bonchev–Trinajstić information content (AvgIpc) is 2.42. The van der Waals surface area contributed by atoms with Crippen LogP contribution in [-0.4, -0.2) is 23.3 Å². The van der Waals surface area contributed by atoms with Gasteiger partial charge in [-0.15, -0.1) is 0 Å². The minimum atomic E-state index is -0.575. The molecule has 1 aromatic rings. The topological polar surface area (TPSA) is 58.2 Å². The quantitative estimate of drug-likeness (QED) is 0.793. The minimum absolute atomic E-state index is 0.00273. The van der Waals surface area contributed by atoms with Gasteiger partial charge in [-0.3, -0.25) is 9.59 Å². The van der Waals surface area contributed by atoms with Crippen molar-refractivity contribution in [2.24, 2.45) is 5.92 Å². The highest BCUT2D eigenvalue weighted by molar-refractivity contribution is 7.99. The van der Waals surface area contributed by atoms with Crippen LogP contribution in [0.1, 0.15) is 13.8 Å². The standard InChI is InChI=1S/C15H19FN2O2S/c1-5-13(19)18-12-8-10(6-7-11(12)16)17-15(20)14(21-4)9(2)3/h5-9,14H,1H2,2-4H3,(H,17,20)(H,18,19). The van der Waals surface area contributed by atoms with E-state index in [9.17, 15) is 14.0 Å². The van der Waals surface area contributed by atoms with Gasteiger partial charge in [-0.25, -0.2) is 4.39 Å². The second kappa shape index (κ2) is 7.83. The Morgan fingerprint density at radius 2 is 2.00 bits per heavy atom. The molecule has 0 aliphatic heterocycles. The summed E-state index contributed by atoms with van der Waals surface area (Å²) < 4.78 is 13.6. The summed E-state index contributed by atoms with van der Waals surface area (Å²) >= 11 is 1.46. The zero-order chi connectivity index (χ0) is 16.0. The van der Waals surface area contributed by atoms with E-state index in [4.69, 9.17) is 0 Å². The molecule has 21 heavy (non-hydrogen) atoms. The predicted octanol–water partition coefficient (Wildman–Crippen LogP) is 3.28. The predicted molar refractivity (Wildman–Crippen MR) is 86.0 cm³/mol. The molecule has 1 rings (SSSR count). The van der Waals surface area contributed by atoms with Crippen LogP contribution in [0.2, 0.25) is 0 Å². The van der Waals surface area contributed by atoms with Gasteiger partial charge in [0, 0.05) is 5.69 Å². The molecular formula is C15H19FN2O2S. The Kier molecular flexibility index (Phi) is 6.42. The minimum Gasteiger partial charge on any atom is -0.325 e. The smallest absolute Gasteiger partial charge is 0.247 e. The molecule has 0 aliphatic carbocycles. The van der Waals surface area contributed by atoms with Crippen LogP contribution >= 0.6 is 11.8 Å². The number of halogens is 1. The first-order valence-electron chi connectivity index (χ1n) is 6.45. The molecule has 2 N–H and O–H groups in total. The number of carbonyl (C=O) groups is 2. The van der Waals surface area contributed by atoms with Crippen molar-refractivity contribution in [3.05, 3.63) is 36.7 Å². The van der Waals surface area contributed by atoms with Crippen molar-refractivity contribution < 1.29 is 14.0 Å². The van der Waals surface area contributed by atoms with E-state index in [0.717, 1.165) is 6.08 Å². The molecule has 114 valence electrons. The summed E-state index contributed by atoms with van der Waals surface area (Å²) in [6.07, 6.45) is 2.91. The Labute approximate surface area is 128 Å². The van der Waals surface area contributed by atoms with Crippen LogP contribution in [0.25, 0.3) is 0 Å². The third-order valence-corrected chi connectivity index (χ3v) is 4.06. The number of rotatable bonds is 6. The van der Waals surface area contributed by atoms with Gasteiger partial charge in [-0.05, 0) is 36.4 Å². The summed E-state index contributed by atoms with van der Waals surface area (Å²) in [5, 5.41) is 4.89. The van der Waals surface area contributed by atoms with Gasteiger partial charge in [0.05, 0.1) is 10.9 Å². The molecule has 0 aromatic heterocycles. The van der Waals surface area contributed by atoms with Gasteiger partial charge in [-0.1, -0.05) is 20.4 Å². The van der Waals surface area contributed by atoms with Crippen molar-refractivity contribution in [1.82, 2.24) is 0 Å². The average molecular weight is 310 g/mol. The highest BCUT2D eigenvalue weighted by atomic mass is 32.2. The van der Waals surface area contributed by atoms with Crippen molar-refractivity contribution in [3.63, 3.8) is 0 Å². The fourth-order valence-corrected chi connectivity index (χ4v) is 2.60. The molecule has 4 nitrogen and oxygen atoms in total. The summed E-state index contributed by atoms with van der Waals surface area (Å²) in [4.78, 5) is 23.4. The van der Waals surface area contributed by atoms with E-state index in [-0.39, 0.29) is 22.8 Å². The van der Waals surface area contributed by atoms with E-state index in [1.54, 1.807) is 0 Å². The molecule has 6 heteroatoms. The largest absolute Gasteiger partial charge is 0.325 e. The lowest BCUT2D eigenvalue weighted by molar-refractivity contribution is -0.116. The fraction of sp³-hybridized carbons (Fsp3) is 0.333. The number of anilines is 2. The Morgan fingerprint density at radius 3 is 2.52 bits per heavy atom. The summed E-state index contributed by atoms with van der Waals surface area (Å²) in [6.45, 7) is 7.22. The Bertz CT molecular complexity index is 546. The molecule has 0 saturated carbocycles. The number of hydrogen-bond acceptors (Lipinski definition) is 3. The zero-order valence-corrected chi connectivity index (χ0v) is 13.1. The second-order valence-electron chi connectivity index (χ2n) is 4.78. The third-order valence-electron chi connectivity index (χ3n) is 2.80. The lowest BCUT2D eigenvalue weighted by atomic mass is 10.1. The van der Waals surface area contributed by atoms with Gasteiger partial charge >= 0.3 is 0 Å². The first kappa shape index (κ1) is 17.2. The highest BCUT2D eigenvalue weighted by Crippen LogP contribution is 2.22. The van der Waals surface area contributed by atoms with Crippen LogP contribution in [0.4, 0.5) is 15.8 Å². The molecule has 0 saturated heterocycles. The molecule has 2 amide bonds. The first-order chi connectivity index (χ1) is 9.88. The van der Waals surface area contributed by atoms with Crippen molar-refractivity contribution in [3.8, 4) is 0 Å². The summed E-state index contributed by atoms with van der Waals surface area (Å²) in [5.74, 6) is -1.06. The molecule has 0 spiro atoms. The number of benzene rings is 1. The monoisotopic (exact) mass is 310 g/mol. The Hall–Kier alpha value is -1.82. The molecule has 1 aromatic carbocycles. The van der Waals surface area contributed by atoms with Crippen LogP contribution in [0.3, 0.4) is 0 Å². The molecule has 1 atom stereocenters. The van der Waals surface area contributed by atoms with Gasteiger partial charge in [0.2, 0.25) is 11.8 Å². The van der Waals surface area contributed by atoms with Gasteiger partial charge < -0.3 is 10.6 Å². The molecule has 1 unspecified atom stereocenters. The fourth-order valence-electron chi connectivity index (χ4n) is 1.78. The lowest BCUT2D eigenvalue weighted by Crippen LogP contribution is -2.29. The van der Waals surface area contributed by atoms with E-state index in [0.29, 0.717) is 5.69 Å². The molecule has 0 heterocycles. The van der Waals surface area contributed by atoms with E-state index >= 15 is 0 Å². The van der Waals surface area contributed by atoms with Gasteiger partial charge in [0.15, 0.2) is 0 Å². The highest BCUT2D eigenvalue weighted by Gasteiger charge is 2.21. The van der Waals surface area contributed by atoms with Crippen LogP contribution in [-0.2, 0) is 9.59 Å². The van der Waals surface area contributed by atoms with Crippen LogP contribution in [0.5, 0.6) is 0 Å². The molecule has 0 radical (unpaired) electrons. The van der Waals surface area contributed by atoms with Crippen LogP contribution < -0.4 is 10.6 Å². The maximum Gasteiger partial charge on any atom is 0.247 e. The van der Waals surface area contributed by atoms with E-state index in [1.807, 2.05) is 20.1 Å². The normalized spacial score (nSPS) is 11.9. The van der Waals surface area contributed by atoms with Crippen LogP contribution in [0.15, 0.2) is 30.9 Å². The number of nitrogens with one attached hydrogen (secondary N) is 2. The van der Waals surface area contributed by atoms with E-state index in [1.165, 1.54) is 30.0 Å². The van der Waals surface area contributed by atoms with Crippen molar-refractivity contribution in [2.45, 2.75) is 19.1 Å². The molecule has 0 fully saturated rings. The summed E-state index contributed by atoms with van der Waals surface area (Å²) in [6, 6.07) is 4.03. The SMILES string of the molecule is C=CC(=O)Nc1cc(NC(=O)C(SC)C(C)C)ccc1F. The van der Waals surface area contributed by atoms with Gasteiger partial charge in [0.25, 0.3) is 0 Å². The molecular weight excluding hydrogens is 291 g/mol. The van der Waals surface area contributed by atoms with Crippen molar-refractivity contribution >= 4 is 35.0 Å². The summed E-state index contributed by atoms with van der Waals surface area (Å²) in [7, 11) is 0. The molecule has 0 bridgehead atoms. The second-order valence-corrected chi connectivity index (χ2v) is 5.76. The van der Waals surface area contributed by atoms with Crippen molar-refractivity contribution in [2.75, 3.05) is 16.9 Å². The van der Waals surface area contributed by atoms with Gasteiger partial charge in [-0.2, -0.15) is 11.8 Å². The van der Waals surface area contributed by atoms with E-state index in [2.05, 4.69) is 17.2 Å². The number of thioether (sulfide) groups is 1. The number of carbonyl (C=O) groups excluding carboxylic acids is 2. The van der Waals surface area contributed by atoms with E-state index < -0.39 is 11.7 Å². The Balaban J connectivity index is 2.89. The maximum atomic E-state index is 13.6. The van der Waals surface area contributed by atoms with Crippen molar-refractivity contribution in [1.29, 1.82) is 0 Å². The van der Waals surface area contributed by atoms with Crippen LogP contribution in [0, 0.1) is 11.7 Å². The number of hydrogen-bond donors (Lipinski definition) is 2. The Morgan fingerprint density at radius 1 is 1.33 bits per heavy atom. The third kappa shape index (κ3) is 4.90. The number of amides is 2.